The number of anilines is 1. The van der Waals surface area contributed by atoms with Crippen molar-refractivity contribution in [3.63, 3.8) is 0 Å². The first kappa shape index (κ1) is 22.4. The molecule has 3 amide bonds. The normalized spacial score (nSPS) is 14.1. The number of hydrogen-bond donors (Lipinski definition) is 3. The molecule has 8 nitrogen and oxygen atoms in total. The molecule has 0 spiro atoms. The molecule has 1 aliphatic carbocycles. The summed E-state index contributed by atoms with van der Waals surface area (Å²) in [4.78, 5) is 29.4. The minimum absolute atomic E-state index is 0.0697. The molecule has 1 unspecified atom stereocenters. The van der Waals surface area contributed by atoms with Gasteiger partial charge in [-0.1, -0.05) is 30.7 Å². The third-order valence-corrected chi connectivity index (χ3v) is 5.94. The Morgan fingerprint density at radius 3 is 2.70 bits per heavy atom. The number of ether oxygens (including phenoxy) is 1. The summed E-state index contributed by atoms with van der Waals surface area (Å²) in [5.74, 6) is 1.60. The summed E-state index contributed by atoms with van der Waals surface area (Å²) in [6.45, 7) is 0.324. The second-order valence-corrected chi connectivity index (χ2v) is 8.25. The third kappa shape index (κ3) is 5.52. The fourth-order valence-electron chi connectivity index (χ4n) is 3.81. The Hall–Kier alpha value is -3.81. The topological polar surface area (TPSA) is 97.3 Å². The van der Waals surface area contributed by atoms with Crippen molar-refractivity contribution >= 4 is 17.6 Å². The molecule has 8 heteroatoms. The maximum absolute atomic E-state index is 12.8. The van der Waals surface area contributed by atoms with Crippen LogP contribution in [0.25, 0.3) is 0 Å². The zero-order chi connectivity index (χ0) is 23.2. The summed E-state index contributed by atoms with van der Waals surface area (Å²) in [5, 5.41) is 8.89. The third-order valence-electron chi connectivity index (χ3n) is 5.94. The van der Waals surface area contributed by atoms with Crippen LogP contribution in [0.3, 0.4) is 0 Å². The smallest absolute Gasteiger partial charge is 0.315 e. The molecular formula is C25H29N5O3. The number of carbonyl (C=O) groups excluding carboxylic acids is 2. The second-order valence-electron chi connectivity index (χ2n) is 8.25. The number of benzene rings is 2. The van der Waals surface area contributed by atoms with Gasteiger partial charge in [-0.05, 0) is 48.2 Å². The maximum Gasteiger partial charge on any atom is 0.315 e. The van der Waals surface area contributed by atoms with Crippen molar-refractivity contribution in [3.05, 3.63) is 77.9 Å². The Labute approximate surface area is 193 Å². The number of nitrogens with zero attached hydrogens (tertiary/aromatic N) is 2. The summed E-state index contributed by atoms with van der Waals surface area (Å²) < 4.78 is 7.22. The van der Waals surface area contributed by atoms with Gasteiger partial charge < -0.3 is 25.3 Å². The quantitative estimate of drug-likeness (QED) is 0.490. The van der Waals surface area contributed by atoms with Crippen molar-refractivity contribution in [1.29, 1.82) is 0 Å². The lowest BCUT2D eigenvalue weighted by atomic mass is 9.85. The number of amides is 3. The largest absolute Gasteiger partial charge is 0.497 e. The van der Waals surface area contributed by atoms with Crippen molar-refractivity contribution in [2.24, 2.45) is 13.0 Å². The lowest BCUT2D eigenvalue weighted by molar-refractivity contribution is -0.122. The van der Waals surface area contributed by atoms with E-state index in [2.05, 4.69) is 20.9 Å². The minimum atomic E-state index is -0.451. The van der Waals surface area contributed by atoms with Crippen molar-refractivity contribution < 1.29 is 14.3 Å². The molecule has 0 radical (unpaired) electrons. The summed E-state index contributed by atoms with van der Waals surface area (Å²) in [7, 11) is 3.50. The number of hydrogen-bond acceptors (Lipinski definition) is 4. The van der Waals surface area contributed by atoms with Crippen molar-refractivity contribution in [2.75, 3.05) is 12.4 Å². The molecule has 3 N–H and O–H groups in total. The van der Waals surface area contributed by atoms with Gasteiger partial charge in [0.15, 0.2) is 0 Å². The van der Waals surface area contributed by atoms with Crippen LogP contribution in [0, 0.1) is 5.92 Å². The van der Waals surface area contributed by atoms with E-state index in [9.17, 15) is 9.59 Å². The average molecular weight is 448 g/mol. The predicted octanol–water partition coefficient (Wildman–Crippen LogP) is 3.76. The molecule has 4 rings (SSSR count). The molecule has 3 aromatic rings. The molecule has 0 bridgehead atoms. The molecule has 1 atom stereocenters. The Kier molecular flexibility index (Phi) is 6.92. The number of aromatic nitrogens is 2. The van der Waals surface area contributed by atoms with E-state index in [1.807, 2.05) is 66.3 Å². The first-order valence-electron chi connectivity index (χ1n) is 11.1. The van der Waals surface area contributed by atoms with Crippen molar-refractivity contribution in [3.8, 4) is 5.75 Å². The van der Waals surface area contributed by atoms with E-state index >= 15 is 0 Å². The second kappa shape index (κ2) is 10.2. The molecule has 0 aliphatic heterocycles. The van der Waals surface area contributed by atoms with Gasteiger partial charge in [-0.25, -0.2) is 9.78 Å². The molecule has 172 valence electrons. The van der Waals surface area contributed by atoms with Crippen LogP contribution in [-0.2, 0) is 18.4 Å². The predicted molar refractivity (Wildman–Crippen MR) is 126 cm³/mol. The maximum atomic E-state index is 12.8. The lowest BCUT2D eigenvalue weighted by Gasteiger charge is -2.24. The standard InChI is InChI=1S/C25H29N5O3/c1-30-13-12-26-23(30)22(19-9-5-11-21(15-19)33-2)29-25(32)27-16-17-6-3-10-20(14-17)28-24(31)18-7-4-8-18/h3,5-6,9-15,18,22H,4,7-8,16H2,1-2H3,(H,28,31)(H2,27,29,32). The highest BCUT2D eigenvalue weighted by Crippen LogP contribution is 2.28. The van der Waals surface area contributed by atoms with Gasteiger partial charge in [0, 0.05) is 37.6 Å². The monoisotopic (exact) mass is 447 g/mol. The lowest BCUT2D eigenvalue weighted by Crippen LogP contribution is -2.39. The van der Waals surface area contributed by atoms with Crippen LogP contribution < -0.4 is 20.7 Å². The highest BCUT2D eigenvalue weighted by Gasteiger charge is 2.25. The van der Waals surface area contributed by atoms with Crippen LogP contribution in [0.1, 0.15) is 42.3 Å². The number of carbonyl (C=O) groups is 2. The van der Waals surface area contributed by atoms with E-state index in [-0.39, 0.29) is 17.9 Å². The minimum Gasteiger partial charge on any atom is -0.497 e. The summed E-state index contributed by atoms with van der Waals surface area (Å²) in [6.07, 6.45) is 6.57. The van der Waals surface area contributed by atoms with Gasteiger partial charge in [-0.15, -0.1) is 0 Å². The fourth-order valence-corrected chi connectivity index (χ4v) is 3.81. The molecule has 0 saturated heterocycles. The first-order chi connectivity index (χ1) is 16.0. The molecule has 1 fully saturated rings. The number of imidazole rings is 1. The Bertz CT molecular complexity index is 1120. The summed E-state index contributed by atoms with van der Waals surface area (Å²) in [6, 6.07) is 14.3. The van der Waals surface area contributed by atoms with Crippen molar-refractivity contribution in [1.82, 2.24) is 20.2 Å². The molecular weight excluding hydrogens is 418 g/mol. The summed E-state index contributed by atoms with van der Waals surface area (Å²) in [5.41, 5.74) is 2.50. The van der Waals surface area contributed by atoms with E-state index in [1.165, 1.54) is 0 Å². The highest BCUT2D eigenvalue weighted by molar-refractivity contribution is 5.93. The first-order valence-corrected chi connectivity index (χ1v) is 11.1. The van der Waals surface area contributed by atoms with Gasteiger partial charge in [-0.2, -0.15) is 0 Å². The van der Waals surface area contributed by atoms with Gasteiger partial charge in [-0.3, -0.25) is 4.79 Å². The summed E-state index contributed by atoms with van der Waals surface area (Å²) >= 11 is 0. The highest BCUT2D eigenvalue weighted by atomic mass is 16.5. The average Bonchev–Trinajstić information content (AvgIpc) is 3.20. The van der Waals surface area contributed by atoms with E-state index in [0.29, 0.717) is 18.1 Å². The van der Waals surface area contributed by atoms with Gasteiger partial charge in [0.2, 0.25) is 5.91 Å². The van der Waals surface area contributed by atoms with E-state index in [0.717, 1.165) is 36.1 Å². The van der Waals surface area contributed by atoms with Gasteiger partial charge >= 0.3 is 6.03 Å². The van der Waals surface area contributed by atoms with E-state index in [4.69, 9.17) is 4.74 Å². The molecule has 1 heterocycles. The van der Waals surface area contributed by atoms with Gasteiger partial charge in [0.25, 0.3) is 0 Å². The zero-order valence-electron chi connectivity index (χ0n) is 18.9. The van der Waals surface area contributed by atoms with E-state index in [1.54, 1.807) is 13.3 Å². The Morgan fingerprint density at radius 2 is 2.00 bits per heavy atom. The Morgan fingerprint density at radius 1 is 1.18 bits per heavy atom. The van der Waals surface area contributed by atoms with Crippen LogP contribution >= 0.6 is 0 Å². The number of urea groups is 1. The number of methoxy groups -OCH3 is 1. The SMILES string of the molecule is COc1cccc(C(NC(=O)NCc2cccc(NC(=O)C3CCC3)c2)c2nccn2C)c1. The van der Waals surface area contributed by atoms with Crippen LogP contribution in [0.15, 0.2) is 60.9 Å². The van der Waals surface area contributed by atoms with Crippen molar-refractivity contribution in [2.45, 2.75) is 31.8 Å². The number of nitrogens with one attached hydrogen (secondary N) is 3. The zero-order valence-corrected chi connectivity index (χ0v) is 18.9. The van der Waals surface area contributed by atoms with E-state index < -0.39 is 6.04 Å². The van der Waals surface area contributed by atoms with Crippen LogP contribution in [0.4, 0.5) is 10.5 Å². The van der Waals surface area contributed by atoms with Gasteiger partial charge in [0.1, 0.15) is 17.6 Å². The number of rotatable bonds is 8. The van der Waals surface area contributed by atoms with Crippen LogP contribution in [0.5, 0.6) is 5.75 Å². The molecule has 2 aromatic carbocycles. The van der Waals surface area contributed by atoms with Crippen LogP contribution in [0.2, 0.25) is 0 Å². The molecule has 33 heavy (non-hydrogen) atoms. The molecule has 1 saturated carbocycles. The van der Waals surface area contributed by atoms with Gasteiger partial charge in [0.05, 0.1) is 7.11 Å². The van der Waals surface area contributed by atoms with Crippen LogP contribution in [-0.4, -0.2) is 28.6 Å². The fraction of sp³-hybridized carbons (Fsp3) is 0.320. The molecule has 1 aliphatic rings. The number of aryl methyl sites for hydroxylation is 1. The Balaban J connectivity index is 1.41. The molecule has 1 aromatic heterocycles.